The van der Waals surface area contributed by atoms with Gasteiger partial charge in [0.2, 0.25) is 0 Å². The van der Waals surface area contributed by atoms with Crippen LogP contribution in [0.3, 0.4) is 0 Å². The molecule has 0 radical (unpaired) electrons. The molecule has 2 aromatic carbocycles. The van der Waals surface area contributed by atoms with E-state index >= 15 is 0 Å². The summed E-state index contributed by atoms with van der Waals surface area (Å²) in [7, 11) is -8.64. The molecule has 10 nitrogen and oxygen atoms in total. The maximum atomic E-state index is 12.8. The fourth-order valence-corrected chi connectivity index (χ4v) is 5.77. The van der Waals surface area contributed by atoms with Gasteiger partial charge in [-0.3, -0.25) is 8.37 Å². The second kappa shape index (κ2) is 10.6. The van der Waals surface area contributed by atoms with Crippen molar-refractivity contribution >= 4 is 20.2 Å². The average molecular weight is 531 g/mol. The Labute approximate surface area is 205 Å². The molecule has 1 aliphatic heterocycles. The predicted molar refractivity (Wildman–Crippen MR) is 124 cm³/mol. The minimum absolute atomic E-state index is 0.131. The molecule has 0 aliphatic carbocycles. The molecule has 2 aromatic rings. The SMILES string of the molecule is Cc1ccc(S(=O)(=O)O[C@H](CO)[C@H]2OC(C)(C)O[C@@H]2[C@@H](CO)OS(=O)(=O)c2ccc(C)cc2)cc1. The molecule has 1 heterocycles. The van der Waals surface area contributed by atoms with Crippen LogP contribution in [0.15, 0.2) is 58.3 Å². The molecule has 0 unspecified atom stereocenters. The zero-order valence-electron chi connectivity index (χ0n) is 19.8. The molecular weight excluding hydrogens is 500 g/mol. The highest BCUT2D eigenvalue weighted by atomic mass is 32.2. The van der Waals surface area contributed by atoms with Crippen LogP contribution >= 0.6 is 0 Å². The van der Waals surface area contributed by atoms with Gasteiger partial charge in [0.25, 0.3) is 20.2 Å². The quantitative estimate of drug-likeness (QED) is 0.435. The van der Waals surface area contributed by atoms with Gasteiger partial charge in [0.1, 0.15) is 24.4 Å². The van der Waals surface area contributed by atoms with Crippen molar-refractivity contribution in [3.8, 4) is 0 Å². The molecule has 194 valence electrons. The number of aliphatic hydroxyl groups is 2. The van der Waals surface area contributed by atoms with Crippen LogP contribution in [0.4, 0.5) is 0 Å². The van der Waals surface area contributed by atoms with Crippen molar-refractivity contribution in [2.24, 2.45) is 0 Å². The number of aliphatic hydroxyl groups excluding tert-OH is 2. The predicted octanol–water partition coefficient (Wildman–Crippen LogP) is 1.66. The third-order valence-electron chi connectivity index (χ3n) is 5.38. The summed E-state index contributed by atoms with van der Waals surface area (Å²) in [6, 6.07) is 11.8. The summed E-state index contributed by atoms with van der Waals surface area (Å²) in [5.41, 5.74) is 1.68. The van der Waals surface area contributed by atoms with Crippen LogP contribution in [0.5, 0.6) is 0 Å². The molecule has 1 aliphatic rings. The summed E-state index contributed by atoms with van der Waals surface area (Å²) in [6.07, 6.45) is -5.54. The van der Waals surface area contributed by atoms with Crippen LogP contribution < -0.4 is 0 Å². The van der Waals surface area contributed by atoms with Crippen molar-refractivity contribution in [3.05, 3.63) is 59.7 Å². The highest BCUT2D eigenvalue weighted by Gasteiger charge is 2.51. The molecule has 35 heavy (non-hydrogen) atoms. The first-order chi connectivity index (χ1) is 16.3. The van der Waals surface area contributed by atoms with E-state index in [0.29, 0.717) is 0 Å². The van der Waals surface area contributed by atoms with E-state index in [4.69, 9.17) is 17.8 Å². The van der Waals surface area contributed by atoms with Crippen LogP contribution in [0.1, 0.15) is 25.0 Å². The molecule has 0 aromatic heterocycles. The van der Waals surface area contributed by atoms with Gasteiger partial charge in [-0.05, 0) is 52.0 Å². The lowest BCUT2D eigenvalue weighted by Gasteiger charge is -2.28. The normalized spacial score (nSPS) is 22.1. The van der Waals surface area contributed by atoms with Gasteiger partial charge >= 0.3 is 0 Å². The first-order valence-electron chi connectivity index (χ1n) is 10.9. The second-order valence-electron chi connectivity index (χ2n) is 8.73. The largest absolute Gasteiger partial charge is 0.394 e. The Bertz CT molecular complexity index is 1110. The third-order valence-corrected chi connectivity index (χ3v) is 8.08. The van der Waals surface area contributed by atoms with E-state index in [1.807, 2.05) is 0 Å². The molecule has 1 saturated heterocycles. The van der Waals surface area contributed by atoms with Crippen molar-refractivity contribution in [2.45, 2.75) is 67.7 Å². The van der Waals surface area contributed by atoms with Gasteiger partial charge < -0.3 is 19.7 Å². The van der Waals surface area contributed by atoms with Crippen molar-refractivity contribution < 1.29 is 44.9 Å². The van der Waals surface area contributed by atoms with Crippen LogP contribution in [-0.2, 0) is 38.1 Å². The lowest BCUT2D eigenvalue weighted by molar-refractivity contribution is -0.160. The molecule has 1 fully saturated rings. The molecule has 2 N–H and O–H groups in total. The molecule has 4 atom stereocenters. The van der Waals surface area contributed by atoms with E-state index in [-0.39, 0.29) is 9.79 Å². The standard InChI is InChI=1S/C23H30O10S2/c1-15-5-9-17(10-6-15)34(26,27)32-19(13-24)21-22(31-23(3,4)30-21)20(14-25)33-35(28,29)18-11-7-16(2)8-12-18/h5-12,19-22,24-25H,13-14H2,1-4H3/t19-,20-,21-,22-/m1/s1. The van der Waals surface area contributed by atoms with Crippen LogP contribution in [0.25, 0.3) is 0 Å². The second-order valence-corrected chi connectivity index (χ2v) is 11.9. The Balaban J connectivity index is 1.87. The van der Waals surface area contributed by atoms with Gasteiger partial charge in [-0.1, -0.05) is 35.4 Å². The molecule has 0 saturated carbocycles. The maximum absolute atomic E-state index is 12.8. The summed E-state index contributed by atoms with van der Waals surface area (Å²) in [5, 5.41) is 19.9. The Morgan fingerprint density at radius 2 is 1.06 bits per heavy atom. The number of benzene rings is 2. The highest BCUT2D eigenvalue weighted by Crippen LogP contribution is 2.35. The molecule has 3 rings (SSSR count). The van der Waals surface area contributed by atoms with Gasteiger partial charge in [-0.25, -0.2) is 0 Å². The first-order valence-corrected chi connectivity index (χ1v) is 13.7. The Kier molecular flexibility index (Phi) is 8.39. The molecular formula is C23H30O10S2. The Morgan fingerprint density at radius 1 is 0.743 bits per heavy atom. The van der Waals surface area contributed by atoms with E-state index < -0.39 is 63.7 Å². The van der Waals surface area contributed by atoms with E-state index in [9.17, 15) is 27.0 Å². The number of hydrogen-bond donors (Lipinski definition) is 2. The van der Waals surface area contributed by atoms with Gasteiger partial charge in [0.15, 0.2) is 5.79 Å². The molecule has 12 heteroatoms. The van der Waals surface area contributed by atoms with Gasteiger partial charge in [0, 0.05) is 0 Å². The summed E-state index contributed by atoms with van der Waals surface area (Å²) in [5.74, 6) is -1.32. The zero-order chi connectivity index (χ0) is 26.0. The van der Waals surface area contributed by atoms with Crippen LogP contribution in [-0.4, -0.2) is 70.5 Å². The summed E-state index contributed by atoms with van der Waals surface area (Å²) in [6.45, 7) is 5.04. The third kappa shape index (κ3) is 6.66. The van der Waals surface area contributed by atoms with Gasteiger partial charge in [-0.2, -0.15) is 16.8 Å². The summed E-state index contributed by atoms with van der Waals surface area (Å²) < 4.78 is 73.3. The van der Waals surface area contributed by atoms with Gasteiger partial charge in [0.05, 0.1) is 23.0 Å². The van der Waals surface area contributed by atoms with E-state index in [1.165, 1.54) is 38.1 Å². The lowest BCUT2D eigenvalue weighted by Crippen LogP contribution is -2.48. The number of ether oxygens (including phenoxy) is 2. The fourth-order valence-electron chi connectivity index (χ4n) is 3.62. The topological polar surface area (TPSA) is 146 Å². The maximum Gasteiger partial charge on any atom is 0.297 e. The van der Waals surface area contributed by atoms with Crippen molar-refractivity contribution in [1.82, 2.24) is 0 Å². The van der Waals surface area contributed by atoms with Crippen molar-refractivity contribution in [1.29, 1.82) is 0 Å². The smallest absolute Gasteiger partial charge is 0.297 e. The van der Waals surface area contributed by atoms with Crippen molar-refractivity contribution in [3.63, 3.8) is 0 Å². The lowest BCUT2D eigenvalue weighted by atomic mass is 10.0. The Morgan fingerprint density at radius 3 is 1.34 bits per heavy atom. The monoisotopic (exact) mass is 530 g/mol. The van der Waals surface area contributed by atoms with E-state index in [1.54, 1.807) is 38.1 Å². The van der Waals surface area contributed by atoms with Crippen molar-refractivity contribution in [2.75, 3.05) is 13.2 Å². The Hall–Kier alpha value is -1.90. The number of hydrogen-bond acceptors (Lipinski definition) is 10. The molecule has 0 amide bonds. The van der Waals surface area contributed by atoms with E-state index in [2.05, 4.69) is 0 Å². The zero-order valence-corrected chi connectivity index (χ0v) is 21.5. The number of rotatable bonds is 10. The van der Waals surface area contributed by atoms with Gasteiger partial charge in [-0.15, -0.1) is 0 Å². The minimum Gasteiger partial charge on any atom is -0.394 e. The van der Waals surface area contributed by atoms with Crippen LogP contribution in [0, 0.1) is 13.8 Å². The average Bonchev–Trinajstić information content (AvgIpc) is 3.11. The first kappa shape index (κ1) is 27.7. The number of aryl methyl sites for hydroxylation is 2. The van der Waals surface area contributed by atoms with Crippen LogP contribution in [0.2, 0.25) is 0 Å². The molecule has 0 bridgehead atoms. The highest BCUT2D eigenvalue weighted by molar-refractivity contribution is 7.87. The molecule has 0 spiro atoms. The summed E-state index contributed by atoms with van der Waals surface area (Å²) in [4.78, 5) is -0.263. The minimum atomic E-state index is -4.32. The van der Waals surface area contributed by atoms with E-state index in [0.717, 1.165) is 11.1 Å². The fraction of sp³-hybridized carbons (Fsp3) is 0.478. The summed E-state index contributed by atoms with van der Waals surface area (Å²) >= 11 is 0.